The molecular weight excluding hydrogens is 366 g/mol. The van der Waals surface area contributed by atoms with E-state index in [4.69, 9.17) is 16.4 Å². The molecule has 2 atom stereocenters. The summed E-state index contributed by atoms with van der Waals surface area (Å²) in [5.74, 6) is -0.242. The minimum atomic E-state index is -0.985. The first-order chi connectivity index (χ1) is 13.1. The van der Waals surface area contributed by atoms with Crippen LogP contribution in [0.15, 0.2) is 53.7 Å². The quantitative estimate of drug-likeness (QED) is 0.803. The van der Waals surface area contributed by atoms with Crippen molar-refractivity contribution in [3.05, 3.63) is 70.2 Å². The second-order valence-electron chi connectivity index (χ2n) is 6.79. The number of fused-ring (bicyclic) bond motifs is 3. The maximum atomic E-state index is 13.3. The van der Waals surface area contributed by atoms with Gasteiger partial charge in [0.25, 0.3) is 11.8 Å². The van der Waals surface area contributed by atoms with Crippen LogP contribution in [-0.4, -0.2) is 47.0 Å². The van der Waals surface area contributed by atoms with Gasteiger partial charge in [0.2, 0.25) is 6.10 Å². The van der Waals surface area contributed by atoms with E-state index >= 15 is 0 Å². The second kappa shape index (κ2) is 5.82. The number of hydrogen-bond donors (Lipinski definition) is 0. The maximum absolute atomic E-state index is 13.3. The predicted octanol–water partition coefficient (Wildman–Crippen LogP) is 2.61. The highest BCUT2D eigenvalue weighted by molar-refractivity contribution is 6.30. The van der Waals surface area contributed by atoms with Crippen LogP contribution >= 0.6 is 11.6 Å². The molecule has 0 aromatic heterocycles. The number of halogens is 1. The molecule has 2 aromatic carbocycles. The standard InChI is InChI=1S/C20H16ClN3O3/c21-14-7-5-13(6-8-14)20-16-4-2-1-3-15(16)18(25)23(20)11-12-24(20)19(26)17-9-10-22-27-17/h1-8,10,17H,9,11-12H2. The van der Waals surface area contributed by atoms with Crippen LogP contribution in [-0.2, 0) is 15.3 Å². The molecule has 2 amide bonds. The lowest BCUT2D eigenvalue weighted by Gasteiger charge is -2.41. The van der Waals surface area contributed by atoms with Crippen LogP contribution in [0.2, 0.25) is 5.02 Å². The number of hydrogen-bond acceptors (Lipinski definition) is 4. The Balaban J connectivity index is 1.73. The van der Waals surface area contributed by atoms with E-state index in [1.807, 2.05) is 36.4 Å². The van der Waals surface area contributed by atoms with Crippen molar-refractivity contribution in [1.82, 2.24) is 9.80 Å². The molecule has 2 unspecified atom stereocenters. The molecule has 0 spiro atoms. The largest absolute Gasteiger partial charge is 0.382 e. The van der Waals surface area contributed by atoms with Gasteiger partial charge in [-0.15, -0.1) is 0 Å². The van der Waals surface area contributed by atoms with Gasteiger partial charge in [-0.2, -0.15) is 0 Å². The molecule has 7 heteroatoms. The fourth-order valence-corrected chi connectivity index (χ4v) is 4.49. The minimum Gasteiger partial charge on any atom is -0.382 e. The first kappa shape index (κ1) is 16.3. The van der Waals surface area contributed by atoms with Gasteiger partial charge < -0.3 is 14.6 Å². The van der Waals surface area contributed by atoms with Gasteiger partial charge in [0.1, 0.15) is 0 Å². The minimum absolute atomic E-state index is 0.0700. The lowest BCUT2D eigenvalue weighted by molar-refractivity contribution is -0.147. The average Bonchev–Trinajstić information content (AvgIpc) is 3.40. The Labute approximate surface area is 160 Å². The summed E-state index contributed by atoms with van der Waals surface area (Å²) in [5, 5.41) is 4.34. The average molecular weight is 382 g/mol. The van der Waals surface area contributed by atoms with E-state index in [0.29, 0.717) is 30.1 Å². The summed E-state index contributed by atoms with van der Waals surface area (Å²) in [6, 6.07) is 14.8. The number of carbonyl (C=O) groups excluding carboxylic acids is 2. The Morgan fingerprint density at radius 1 is 1.15 bits per heavy atom. The molecule has 2 aromatic rings. The summed E-state index contributed by atoms with van der Waals surface area (Å²) in [6.45, 7) is 0.886. The normalized spacial score (nSPS) is 25.5. The number of rotatable bonds is 2. The van der Waals surface area contributed by atoms with Crippen LogP contribution < -0.4 is 0 Å². The van der Waals surface area contributed by atoms with Gasteiger partial charge in [-0.05, 0) is 18.2 Å². The van der Waals surface area contributed by atoms with E-state index in [2.05, 4.69) is 5.16 Å². The molecular formula is C20H16ClN3O3. The molecule has 3 aliphatic heterocycles. The molecule has 1 fully saturated rings. The van der Waals surface area contributed by atoms with Crippen LogP contribution in [0.25, 0.3) is 0 Å². The third-order valence-electron chi connectivity index (χ3n) is 5.48. The summed E-state index contributed by atoms with van der Waals surface area (Å²) < 4.78 is 0. The van der Waals surface area contributed by atoms with Crippen molar-refractivity contribution in [3.63, 3.8) is 0 Å². The Morgan fingerprint density at radius 2 is 1.93 bits per heavy atom. The fourth-order valence-electron chi connectivity index (χ4n) is 4.36. The van der Waals surface area contributed by atoms with Crippen molar-refractivity contribution in [1.29, 1.82) is 0 Å². The molecule has 3 heterocycles. The summed E-state index contributed by atoms with van der Waals surface area (Å²) in [7, 11) is 0. The summed E-state index contributed by atoms with van der Waals surface area (Å²) in [6.07, 6.45) is 1.37. The van der Waals surface area contributed by atoms with Crippen LogP contribution in [0.5, 0.6) is 0 Å². The Morgan fingerprint density at radius 3 is 2.67 bits per heavy atom. The number of nitrogens with zero attached hydrogens (tertiary/aromatic N) is 3. The van der Waals surface area contributed by atoms with E-state index < -0.39 is 11.8 Å². The summed E-state index contributed by atoms with van der Waals surface area (Å²) in [4.78, 5) is 35.2. The van der Waals surface area contributed by atoms with E-state index in [0.717, 1.165) is 11.1 Å². The van der Waals surface area contributed by atoms with Gasteiger partial charge in [0.05, 0.1) is 0 Å². The van der Waals surface area contributed by atoms with Crippen LogP contribution in [0.4, 0.5) is 0 Å². The third kappa shape index (κ3) is 2.10. The predicted molar refractivity (Wildman–Crippen MR) is 99.4 cm³/mol. The summed E-state index contributed by atoms with van der Waals surface area (Å²) >= 11 is 6.09. The van der Waals surface area contributed by atoms with Crippen molar-refractivity contribution in [2.45, 2.75) is 18.2 Å². The van der Waals surface area contributed by atoms with Crippen molar-refractivity contribution in [2.75, 3.05) is 13.1 Å². The third-order valence-corrected chi connectivity index (χ3v) is 5.73. The topological polar surface area (TPSA) is 62.2 Å². The smallest absolute Gasteiger partial charge is 0.269 e. The number of carbonyl (C=O) groups is 2. The van der Waals surface area contributed by atoms with Crippen molar-refractivity contribution < 1.29 is 14.4 Å². The van der Waals surface area contributed by atoms with E-state index in [-0.39, 0.29) is 11.8 Å². The second-order valence-corrected chi connectivity index (χ2v) is 7.23. The molecule has 136 valence electrons. The molecule has 0 radical (unpaired) electrons. The zero-order valence-corrected chi connectivity index (χ0v) is 15.1. The Bertz CT molecular complexity index is 967. The van der Waals surface area contributed by atoms with Gasteiger partial charge in [0.15, 0.2) is 5.66 Å². The molecule has 1 saturated heterocycles. The number of amides is 2. The van der Waals surface area contributed by atoms with Gasteiger partial charge in [-0.25, -0.2) is 0 Å². The highest BCUT2D eigenvalue weighted by Crippen LogP contribution is 2.50. The van der Waals surface area contributed by atoms with Crippen molar-refractivity contribution >= 4 is 29.6 Å². The molecule has 3 aliphatic rings. The first-order valence-electron chi connectivity index (χ1n) is 8.80. The summed E-state index contributed by atoms with van der Waals surface area (Å²) in [5.41, 5.74) is 1.27. The monoisotopic (exact) mass is 381 g/mol. The van der Waals surface area contributed by atoms with Crippen molar-refractivity contribution in [3.8, 4) is 0 Å². The maximum Gasteiger partial charge on any atom is 0.269 e. The molecule has 6 nitrogen and oxygen atoms in total. The molecule has 0 aliphatic carbocycles. The van der Waals surface area contributed by atoms with Crippen LogP contribution in [0, 0.1) is 0 Å². The van der Waals surface area contributed by atoms with E-state index in [1.54, 1.807) is 28.1 Å². The fraction of sp³-hybridized carbons (Fsp3) is 0.250. The van der Waals surface area contributed by atoms with Gasteiger partial charge in [0, 0.05) is 47.4 Å². The molecule has 27 heavy (non-hydrogen) atoms. The zero-order valence-electron chi connectivity index (χ0n) is 14.3. The Hall–Kier alpha value is -2.86. The lowest BCUT2D eigenvalue weighted by atomic mass is 9.89. The van der Waals surface area contributed by atoms with Gasteiger partial charge >= 0.3 is 0 Å². The molecule has 0 saturated carbocycles. The number of oxime groups is 1. The highest BCUT2D eigenvalue weighted by Gasteiger charge is 2.60. The SMILES string of the molecule is O=C1c2ccccc2C2(c3ccc(Cl)cc3)N1CCN2C(=O)C1CC=NO1. The number of benzene rings is 2. The lowest BCUT2D eigenvalue weighted by Crippen LogP contribution is -2.54. The van der Waals surface area contributed by atoms with Gasteiger partial charge in [-0.1, -0.05) is 47.1 Å². The first-order valence-corrected chi connectivity index (χ1v) is 9.18. The molecule has 0 N–H and O–H groups in total. The van der Waals surface area contributed by atoms with Crippen LogP contribution in [0.3, 0.4) is 0 Å². The highest BCUT2D eigenvalue weighted by atomic mass is 35.5. The molecule has 5 rings (SSSR count). The van der Waals surface area contributed by atoms with Crippen LogP contribution in [0.1, 0.15) is 27.9 Å². The zero-order chi connectivity index (χ0) is 18.6. The Kier molecular flexibility index (Phi) is 3.52. The molecule has 0 bridgehead atoms. The van der Waals surface area contributed by atoms with E-state index in [9.17, 15) is 9.59 Å². The van der Waals surface area contributed by atoms with Crippen molar-refractivity contribution in [2.24, 2.45) is 5.16 Å². The van der Waals surface area contributed by atoms with Gasteiger partial charge in [-0.3, -0.25) is 9.59 Å². The van der Waals surface area contributed by atoms with E-state index in [1.165, 1.54) is 0 Å².